The van der Waals surface area contributed by atoms with Crippen molar-refractivity contribution < 1.29 is 37.3 Å². The van der Waals surface area contributed by atoms with Gasteiger partial charge in [0.2, 0.25) is 0 Å². The molecule has 1 aromatic heterocycles. The first-order valence-electron chi connectivity index (χ1n) is 8.61. The molecule has 2 aliphatic rings. The van der Waals surface area contributed by atoms with E-state index >= 15 is 0 Å². The van der Waals surface area contributed by atoms with Crippen LogP contribution in [0.15, 0.2) is 37.2 Å². The van der Waals surface area contributed by atoms with Crippen LogP contribution >= 0.6 is 0 Å². The minimum atomic E-state index is -5.08. The third-order valence-electron chi connectivity index (χ3n) is 4.39. The molecule has 1 aliphatic carbocycles. The zero-order valence-electron chi connectivity index (χ0n) is 15.0. The van der Waals surface area contributed by atoms with Crippen LogP contribution in [0.5, 0.6) is 0 Å². The minimum absolute atomic E-state index is 0.0285. The molecule has 2 fully saturated rings. The van der Waals surface area contributed by atoms with E-state index < -0.39 is 12.1 Å². The third-order valence-corrected chi connectivity index (χ3v) is 4.39. The van der Waals surface area contributed by atoms with Crippen molar-refractivity contribution in [3.05, 3.63) is 42.7 Å². The maximum Gasteiger partial charge on any atom is 0.490 e. The molecule has 0 radical (unpaired) electrons. The molecule has 1 amide bonds. The van der Waals surface area contributed by atoms with E-state index in [4.69, 9.17) is 19.4 Å². The number of carbonyl (C=O) groups is 2. The van der Waals surface area contributed by atoms with Crippen molar-refractivity contribution >= 4 is 11.9 Å². The number of hydrogen-bond acceptors (Lipinski definition) is 5. The Morgan fingerprint density at radius 1 is 1.36 bits per heavy atom. The summed E-state index contributed by atoms with van der Waals surface area (Å²) >= 11 is 0. The summed E-state index contributed by atoms with van der Waals surface area (Å²) in [5.41, 5.74) is 0.665. The van der Waals surface area contributed by atoms with Crippen LogP contribution in [-0.2, 0) is 14.3 Å². The summed E-state index contributed by atoms with van der Waals surface area (Å²) in [4.78, 5) is 27.5. The molecule has 3 unspecified atom stereocenters. The van der Waals surface area contributed by atoms with Crippen LogP contribution in [0, 0.1) is 0 Å². The van der Waals surface area contributed by atoms with E-state index in [9.17, 15) is 18.0 Å². The van der Waals surface area contributed by atoms with Crippen LogP contribution in [0.25, 0.3) is 0 Å². The Bertz CT molecular complexity index is 684. The van der Waals surface area contributed by atoms with Crippen LogP contribution in [0.2, 0.25) is 0 Å². The Balaban J connectivity index is 0.000000345. The average molecular weight is 402 g/mol. The number of aliphatic carboxylic acids is 1. The lowest BCUT2D eigenvalue weighted by atomic mass is 10.1. The number of carbonyl (C=O) groups excluding carboxylic acids is 1. The number of ether oxygens (including phenoxy) is 2. The van der Waals surface area contributed by atoms with Gasteiger partial charge in [-0.25, -0.2) is 4.79 Å². The lowest BCUT2D eigenvalue weighted by Gasteiger charge is -2.31. The van der Waals surface area contributed by atoms with Crippen molar-refractivity contribution in [1.82, 2.24) is 9.88 Å². The summed E-state index contributed by atoms with van der Waals surface area (Å²) in [6.07, 6.45) is 1.83. The molecule has 7 nitrogen and oxygen atoms in total. The van der Waals surface area contributed by atoms with Gasteiger partial charge in [0.1, 0.15) is 6.10 Å². The number of nitrogens with zero attached hydrogens (tertiary/aromatic N) is 2. The normalized spacial score (nSPS) is 24.0. The van der Waals surface area contributed by atoms with E-state index in [0.29, 0.717) is 25.3 Å². The van der Waals surface area contributed by atoms with Gasteiger partial charge in [-0.1, -0.05) is 6.08 Å². The zero-order valence-corrected chi connectivity index (χ0v) is 15.0. The Labute approximate surface area is 159 Å². The molecule has 2 heterocycles. The molecular formula is C18H21F3N2O5. The van der Waals surface area contributed by atoms with Crippen molar-refractivity contribution in [2.75, 3.05) is 19.8 Å². The van der Waals surface area contributed by atoms with Gasteiger partial charge in [0.15, 0.2) is 0 Å². The fourth-order valence-electron chi connectivity index (χ4n) is 3.20. The molecule has 1 N–H and O–H groups in total. The van der Waals surface area contributed by atoms with Gasteiger partial charge in [0.05, 0.1) is 25.4 Å². The molecule has 10 heteroatoms. The first-order valence-corrected chi connectivity index (χ1v) is 8.61. The van der Waals surface area contributed by atoms with Gasteiger partial charge < -0.3 is 19.5 Å². The Morgan fingerprint density at radius 3 is 2.57 bits per heavy atom. The molecule has 28 heavy (non-hydrogen) atoms. The van der Waals surface area contributed by atoms with Crippen LogP contribution in [-0.4, -0.2) is 71.1 Å². The Kier molecular flexibility index (Phi) is 7.53. The number of hydrogen-bond donors (Lipinski definition) is 1. The number of fused-ring (bicyclic) bond motifs is 2. The second kappa shape index (κ2) is 9.65. The predicted octanol–water partition coefficient (Wildman–Crippen LogP) is 2.29. The van der Waals surface area contributed by atoms with Crippen molar-refractivity contribution in [2.45, 2.75) is 37.3 Å². The highest BCUT2D eigenvalue weighted by Crippen LogP contribution is 2.32. The third kappa shape index (κ3) is 5.52. The van der Waals surface area contributed by atoms with Gasteiger partial charge in [-0.15, -0.1) is 6.58 Å². The second-order valence-electron chi connectivity index (χ2n) is 6.18. The van der Waals surface area contributed by atoms with Gasteiger partial charge in [-0.3, -0.25) is 9.78 Å². The molecule has 1 saturated heterocycles. The molecule has 2 bridgehead atoms. The van der Waals surface area contributed by atoms with Crippen LogP contribution in [0.1, 0.15) is 23.2 Å². The molecule has 154 valence electrons. The summed E-state index contributed by atoms with van der Waals surface area (Å²) < 4.78 is 43.5. The van der Waals surface area contributed by atoms with Gasteiger partial charge in [0.25, 0.3) is 5.91 Å². The maximum atomic E-state index is 12.7. The summed E-state index contributed by atoms with van der Waals surface area (Å²) in [6.45, 7) is 5.34. The highest BCUT2D eigenvalue weighted by molar-refractivity contribution is 5.94. The van der Waals surface area contributed by atoms with Gasteiger partial charge in [0, 0.05) is 24.5 Å². The monoisotopic (exact) mass is 402 g/mol. The van der Waals surface area contributed by atoms with E-state index in [1.54, 1.807) is 30.6 Å². The molecule has 3 atom stereocenters. The lowest BCUT2D eigenvalue weighted by Crippen LogP contribution is -2.46. The Hall–Kier alpha value is -2.46. The first-order chi connectivity index (χ1) is 13.3. The summed E-state index contributed by atoms with van der Waals surface area (Å²) in [5, 5.41) is 7.12. The average Bonchev–Trinajstić information content (AvgIpc) is 2.95. The molecule has 1 aromatic rings. The van der Waals surface area contributed by atoms with Crippen molar-refractivity contribution in [2.24, 2.45) is 0 Å². The topological polar surface area (TPSA) is 89.0 Å². The van der Waals surface area contributed by atoms with Crippen molar-refractivity contribution in [3.8, 4) is 0 Å². The fraction of sp³-hybridized carbons (Fsp3) is 0.500. The lowest BCUT2D eigenvalue weighted by molar-refractivity contribution is -0.192. The molecular weight excluding hydrogens is 381 g/mol. The Morgan fingerprint density at radius 2 is 2.00 bits per heavy atom. The van der Waals surface area contributed by atoms with E-state index in [1.807, 2.05) is 4.90 Å². The number of halogens is 3. The van der Waals surface area contributed by atoms with Gasteiger partial charge in [-0.05, 0) is 25.0 Å². The van der Waals surface area contributed by atoms with E-state index in [-0.39, 0.29) is 24.2 Å². The number of carboxylic acid groups (broad SMARTS) is 1. The SMILES string of the molecule is C=CCOC1C2CCC1N(C(=O)c1ccncc1)CCO2.O=C(O)C(F)(F)F. The molecule has 1 saturated carbocycles. The highest BCUT2D eigenvalue weighted by atomic mass is 19.4. The van der Waals surface area contributed by atoms with Crippen LogP contribution in [0.3, 0.4) is 0 Å². The highest BCUT2D eigenvalue weighted by Gasteiger charge is 2.44. The molecule has 0 spiro atoms. The molecule has 1 aliphatic heterocycles. The summed E-state index contributed by atoms with van der Waals surface area (Å²) in [5.74, 6) is -2.73. The largest absolute Gasteiger partial charge is 0.490 e. The predicted molar refractivity (Wildman–Crippen MR) is 91.7 cm³/mol. The quantitative estimate of drug-likeness (QED) is 0.778. The van der Waals surface area contributed by atoms with Crippen molar-refractivity contribution in [1.29, 1.82) is 0 Å². The van der Waals surface area contributed by atoms with Gasteiger partial charge >= 0.3 is 12.1 Å². The van der Waals surface area contributed by atoms with Crippen LogP contribution in [0.4, 0.5) is 13.2 Å². The number of pyridine rings is 1. The van der Waals surface area contributed by atoms with Crippen LogP contribution < -0.4 is 0 Å². The summed E-state index contributed by atoms with van der Waals surface area (Å²) in [7, 11) is 0. The summed E-state index contributed by atoms with van der Waals surface area (Å²) in [6, 6.07) is 3.58. The number of aromatic nitrogens is 1. The number of amides is 1. The zero-order chi connectivity index (χ0) is 20.7. The molecule has 0 aromatic carbocycles. The van der Waals surface area contributed by atoms with Crippen molar-refractivity contribution in [3.63, 3.8) is 0 Å². The number of rotatable bonds is 4. The smallest absolute Gasteiger partial charge is 0.475 e. The maximum absolute atomic E-state index is 12.7. The number of alkyl halides is 3. The second-order valence-corrected chi connectivity index (χ2v) is 6.18. The van der Waals surface area contributed by atoms with E-state index in [2.05, 4.69) is 11.6 Å². The standard InChI is InChI=1S/C16H20N2O3.C2HF3O2/c1-2-10-21-15-13-3-4-14(15)20-11-9-18(13)16(19)12-5-7-17-8-6-12;3-2(4,5)1(6)7/h2,5-8,13-15H,1,3-4,9-11H2;(H,6,7). The first kappa shape index (κ1) is 21.8. The number of carboxylic acids is 1. The molecule has 3 rings (SSSR count). The minimum Gasteiger partial charge on any atom is -0.475 e. The van der Waals surface area contributed by atoms with E-state index in [1.165, 1.54) is 0 Å². The van der Waals surface area contributed by atoms with Gasteiger partial charge in [-0.2, -0.15) is 13.2 Å². The fourth-order valence-corrected chi connectivity index (χ4v) is 3.20. The van der Waals surface area contributed by atoms with E-state index in [0.717, 1.165) is 12.8 Å².